The zero-order valence-electron chi connectivity index (χ0n) is 10.4. The maximum Gasteiger partial charge on any atom is 0.267 e. The standard InChI is InChI=1S/C14H10N4O2/c15-13(20)12-2-1-11(7-16-12)18-4-3-10-5-9(8-19)6-17-14(10)18/h1-8H,(H2,15,20). The van der Waals surface area contributed by atoms with Gasteiger partial charge in [0.15, 0.2) is 6.29 Å². The van der Waals surface area contributed by atoms with E-state index in [0.717, 1.165) is 17.4 Å². The molecule has 0 bridgehead atoms. The predicted octanol–water partition coefficient (Wildman–Crippen LogP) is 1.33. The normalized spacial score (nSPS) is 10.6. The molecule has 2 N–H and O–H groups in total. The maximum absolute atomic E-state index is 11.0. The average Bonchev–Trinajstić information content (AvgIpc) is 2.90. The highest BCUT2D eigenvalue weighted by Gasteiger charge is 2.07. The van der Waals surface area contributed by atoms with Gasteiger partial charge >= 0.3 is 0 Å². The molecule has 0 spiro atoms. The highest BCUT2D eigenvalue weighted by atomic mass is 16.1. The second-order valence-electron chi connectivity index (χ2n) is 4.25. The van der Waals surface area contributed by atoms with E-state index in [1.807, 2.05) is 16.8 Å². The first-order valence-corrected chi connectivity index (χ1v) is 5.87. The number of hydrogen-bond donors (Lipinski definition) is 1. The topological polar surface area (TPSA) is 90.9 Å². The van der Waals surface area contributed by atoms with E-state index in [2.05, 4.69) is 9.97 Å². The van der Waals surface area contributed by atoms with Crippen molar-refractivity contribution in [3.8, 4) is 5.69 Å². The molecular formula is C14H10N4O2. The molecule has 3 aromatic heterocycles. The molecule has 3 aromatic rings. The molecule has 3 rings (SSSR count). The third-order valence-electron chi connectivity index (χ3n) is 2.96. The number of carbonyl (C=O) groups excluding carboxylic acids is 2. The average molecular weight is 266 g/mol. The fraction of sp³-hybridized carbons (Fsp3) is 0. The summed E-state index contributed by atoms with van der Waals surface area (Å²) in [5.74, 6) is -0.567. The van der Waals surface area contributed by atoms with E-state index < -0.39 is 5.91 Å². The van der Waals surface area contributed by atoms with Crippen LogP contribution in [0.1, 0.15) is 20.8 Å². The van der Waals surface area contributed by atoms with E-state index in [1.54, 1.807) is 24.4 Å². The fourth-order valence-corrected chi connectivity index (χ4v) is 1.99. The van der Waals surface area contributed by atoms with Crippen LogP contribution in [0.3, 0.4) is 0 Å². The lowest BCUT2D eigenvalue weighted by atomic mass is 10.2. The number of fused-ring (bicyclic) bond motifs is 1. The Bertz CT molecular complexity index is 806. The lowest BCUT2D eigenvalue weighted by Gasteiger charge is -2.04. The highest BCUT2D eigenvalue weighted by Crippen LogP contribution is 2.18. The molecule has 0 aliphatic carbocycles. The van der Waals surface area contributed by atoms with Crippen molar-refractivity contribution < 1.29 is 9.59 Å². The molecule has 6 heteroatoms. The van der Waals surface area contributed by atoms with Crippen LogP contribution in [0.2, 0.25) is 0 Å². The molecule has 20 heavy (non-hydrogen) atoms. The summed E-state index contributed by atoms with van der Waals surface area (Å²) < 4.78 is 1.82. The Balaban J connectivity index is 2.10. The third kappa shape index (κ3) is 1.93. The number of pyridine rings is 2. The zero-order valence-corrected chi connectivity index (χ0v) is 10.4. The molecule has 0 aliphatic heterocycles. The largest absolute Gasteiger partial charge is 0.364 e. The number of aldehydes is 1. The van der Waals surface area contributed by atoms with Crippen LogP contribution in [-0.2, 0) is 0 Å². The van der Waals surface area contributed by atoms with Crippen molar-refractivity contribution in [3.63, 3.8) is 0 Å². The van der Waals surface area contributed by atoms with Gasteiger partial charge in [-0.15, -0.1) is 0 Å². The van der Waals surface area contributed by atoms with E-state index in [1.165, 1.54) is 6.20 Å². The molecule has 6 nitrogen and oxygen atoms in total. The Morgan fingerprint density at radius 1 is 1.20 bits per heavy atom. The Kier molecular flexibility index (Phi) is 2.76. The smallest absolute Gasteiger partial charge is 0.267 e. The summed E-state index contributed by atoms with van der Waals surface area (Å²) >= 11 is 0. The van der Waals surface area contributed by atoms with Crippen molar-refractivity contribution in [1.82, 2.24) is 14.5 Å². The van der Waals surface area contributed by atoms with Gasteiger partial charge in [-0.25, -0.2) is 9.97 Å². The summed E-state index contributed by atoms with van der Waals surface area (Å²) in [5, 5.41) is 0.855. The SMILES string of the molecule is NC(=O)c1ccc(-n2ccc3cc(C=O)cnc32)cn1. The van der Waals surface area contributed by atoms with Crippen LogP contribution in [0.4, 0.5) is 0 Å². The van der Waals surface area contributed by atoms with E-state index in [0.29, 0.717) is 11.2 Å². The molecular weight excluding hydrogens is 256 g/mol. The molecule has 1 amide bonds. The minimum atomic E-state index is -0.567. The number of hydrogen-bond acceptors (Lipinski definition) is 4. The number of rotatable bonds is 3. The van der Waals surface area contributed by atoms with Gasteiger partial charge in [0.25, 0.3) is 5.91 Å². The molecule has 0 saturated heterocycles. The zero-order chi connectivity index (χ0) is 14.1. The van der Waals surface area contributed by atoms with Crippen molar-refractivity contribution in [3.05, 3.63) is 54.1 Å². The van der Waals surface area contributed by atoms with Gasteiger partial charge in [0.05, 0.1) is 11.9 Å². The third-order valence-corrected chi connectivity index (χ3v) is 2.96. The summed E-state index contributed by atoms with van der Waals surface area (Å²) in [5.41, 5.74) is 7.36. The molecule has 0 aliphatic rings. The van der Waals surface area contributed by atoms with Crippen molar-refractivity contribution in [1.29, 1.82) is 0 Å². The summed E-state index contributed by atoms with van der Waals surface area (Å²) in [7, 11) is 0. The lowest BCUT2D eigenvalue weighted by molar-refractivity contribution is 0.0995. The number of nitrogens with two attached hydrogens (primary N) is 1. The van der Waals surface area contributed by atoms with E-state index in [-0.39, 0.29) is 5.69 Å². The van der Waals surface area contributed by atoms with Crippen molar-refractivity contribution in [2.24, 2.45) is 5.73 Å². The number of primary amides is 1. The van der Waals surface area contributed by atoms with Crippen LogP contribution < -0.4 is 5.73 Å². The van der Waals surface area contributed by atoms with E-state index in [4.69, 9.17) is 5.73 Å². The molecule has 3 heterocycles. The summed E-state index contributed by atoms with van der Waals surface area (Å²) in [6.07, 6.45) is 5.64. The van der Waals surface area contributed by atoms with Gasteiger partial charge in [0.2, 0.25) is 0 Å². The quantitative estimate of drug-likeness (QED) is 0.724. The summed E-state index contributed by atoms with van der Waals surface area (Å²) in [6.45, 7) is 0. The minimum absolute atomic E-state index is 0.210. The summed E-state index contributed by atoms with van der Waals surface area (Å²) in [4.78, 5) is 30.0. The predicted molar refractivity (Wildman–Crippen MR) is 72.8 cm³/mol. The molecule has 0 saturated carbocycles. The number of carbonyl (C=O) groups is 2. The first-order valence-electron chi connectivity index (χ1n) is 5.87. The van der Waals surface area contributed by atoms with Crippen molar-refractivity contribution >= 4 is 23.2 Å². The Labute approximate surface area is 113 Å². The molecule has 0 unspecified atom stereocenters. The van der Waals surface area contributed by atoms with Crippen LogP contribution in [0, 0.1) is 0 Å². The number of amides is 1. The van der Waals surface area contributed by atoms with Crippen molar-refractivity contribution in [2.75, 3.05) is 0 Å². The lowest BCUT2D eigenvalue weighted by Crippen LogP contribution is -2.12. The van der Waals surface area contributed by atoms with Crippen LogP contribution in [-0.4, -0.2) is 26.7 Å². The van der Waals surface area contributed by atoms with Crippen LogP contribution in [0.15, 0.2) is 42.9 Å². The number of aromatic nitrogens is 3. The first kappa shape index (κ1) is 12.0. The Morgan fingerprint density at radius 2 is 2.05 bits per heavy atom. The monoisotopic (exact) mass is 266 g/mol. The Hall–Kier alpha value is -3.02. The van der Waals surface area contributed by atoms with Gasteiger partial charge in [0, 0.05) is 23.3 Å². The van der Waals surface area contributed by atoms with Gasteiger partial charge in [-0.2, -0.15) is 0 Å². The molecule has 0 radical (unpaired) electrons. The second-order valence-corrected chi connectivity index (χ2v) is 4.25. The van der Waals surface area contributed by atoms with E-state index >= 15 is 0 Å². The first-order chi connectivity index (χ1) is 9.69. The van der Waals surface area contributed by atoms with E-state index in [9.17, 15) is 9.59 Å². The highest BCUT2D eigenvalue weighted by molar-refractivity contribution is 5.91. The van der Waals surface area contributed by atoms with Gasteiger partial charge in [-0.1, -0.05) is 0 Å². The van der Waals surface area contributed by atoms with Gasteiger partial charge in [0.1, 0.15) is 11.3 Å². The fourth-order valence-electron chi connectivity index (χ4n) is 1.99. The second kappa shape index (κ2) is 4.58. The van der Waals surface area contributed by atoms with Crippen LogP contribution >= 0.6 is 0 Å². The molecule has 0 atom stereocenters. The Morgan fingerprint density at radius 3 is 2.70 bits per heavy atom. The van der Waals surface area contributed by atoms with Gasteiger partial charge < -0.3 is 5.73 Å². The summed E-state index contributed by atoms with van der Waals surface area (Å²) in [6, 6.07) is 6.92. The van der Waals surface area contributed by atoms with Gasteiger partial charge in [-0.05, 0) is 24.3 Å². The molecule has 98 valence electrons. The van der Waals surface area contributed by atoms with Crippen LogP contribution in [0.5, 0.6) is 0 Å². The maximum atomic E-state index is 11.0. The minimum Gasteiger partial charge on any atom is -0.364 e. The van der Waals surface area contributed by atoms with Crippen LogP contribution in [0.25, 0.3) is 16.7 Å². The number of nitrogens with zero attached hydrogens (tertiary/aromatic N) is 3. The molecule has 0 aromatic carbocycles. The molecule has 0 fully saturated rings. The van der Waals surface area contributed by atoms with Gasteiger partial charge in [-0.3, -0.25) is 14.2 Å². The van der Waals surface area contributed by atoms with Crippen molar-refractivity contribution in [2.45, 2.75) is 0 Å².